The fourth-order valence-corrected chi connectivity index (χ4v) is 1.19. The van der Waals surface area contributed by atoms with Crippen molar-refractivity contribution in [2.45, 2.75) is 0 Å². The number of nitrogens with one attached hydrogen (secondary N) is 2. The molecule has 0 unspecified atom stereocenters. The second kappa shape index (κ2) is 5.21. The number of benzene rings is 1. The monoisotopic (exact) mass is 254 g/mol. The zero-order valence-electron chi connectivity index (χ0n) is 8.98. The van der Waals surface area contributed by atoms with Crippen molar-refractivity contribution in [2.24, 2.45) is 0 Å². The average Bonchev–Trinajstić information content (AvgIpc) is 2.78. The Labute approximate surface area is 100.0 Å². The van der Waals surface area contributed by atoms with Gasteiger partial charge >= 0.3 is 0 Å². The molecule has 1 aromatic heterocycles. The lowest BCUT2D eigenvalue weighted by atomic mass is 10.3. The summed E-state index contributed by atoms with van der Waals surface area (Å²) in [5.41, 5.74) is 0. The van der Waals surface area contributed by atoms with Gasteiger partial charge in [-0.2, -0.15) is 10.1 Å². The normalized spacial score (nSPS) is 10.1. The molecule has 0 saturated carbocycles. The van der Waals surface area contributed by atoms with E-state index < -0.39 is 24.1 Å². The summed E-state index contributed by atoms with van der Waals surface area (Å²) in [7, 11) is 0. The van der Waals surface area contributed by atoms with Crippen LogP contribution in [0.3, 0.4) is 0 Å². The summed E-state index contributed by atoms with van der Waals surface area (Å²) in [6.45, 7) is -0.399. The number of anilines is 1. The van der Waals surface area contributed by atoms with E-state index in [-0.39, 0.29) is 11.7 Å². The first-order chi connectivity index (χ1) is 8.63. The molecule has 2 N–H and O–H groups in total. The third kappa shape index (κ3) is 3.24. The van der Waals surface area contributed by atoms with Crippen molar-refractivity contribution in [1.29, 1.82) is 0 Å². The van der Waals surface area contributed by atoms with Crippen LogP contribution >= 0.6 is 0 Å². The Balaban J connectivity index is 1.89. The first-order valence-electron chi connectivity index (χ1n) is 4.87. The minimum Gasteiger partial charge on any atom is -0.484 e. The van der Waals surface area contributed by atoms with Crippen LogP contribution in [-0.2, 0) is 4.79 Å². The Morgan fingerprint density at radius 2 is 2.06 bits per heavy atom. The van der Waals surface area contributed by atoms with Crippen LogP contribution in [0.5, 0.6) is 5.75 Å². The number of aromatic amines is 1. The molecule has 0 atom stereocenters. The molecule has 1 heterocycles. The number of hydrogen-bond acceptors (Lipinski definition) is 4. The van der Waals surface area contributed by atoms with Gasteiger partial charge in [0.1, 0.15) is 23.7 Å². The number of halogens is 2. The van der Waals surface area contributed by atoms with E-state index in [0.717, 1.165) is 12.1 Å². The van der Waals surface area contributed by atoms with Crippen molar-refractivity contribution in [1.82, 2.24) is 15.2 Å². The van der Waals surface area contributed by atoms with Gasteiger partial charge in [0, 0.05) is 18.2 Å². The summed E-state index contributed by atoms with van der Waals surface area (Å²) in [6, 6.07) is 2.66. The quantitative estimate of drug-likeness (QED) is 0.856. The number of amides is 1. The van der Waals surface area contributed by atoms with Gasteiger partial charge in [0.05, 0.1) is 0 Å². The molecule has 0 fully saturated rings. The number of nitrogens with zero attached hydrogens (tertiary/aromatic N) is 2. The maximum absolute atomic E-state index is 12.8. The summed E-state index contributed by atoms with van der Waals surface area (Å²) in [5.74, 6) is -1.99. The minimum absolute atomic E-state index is 0.0692. The van der Waals surface area contributed by atoms with Crippen LogP contribution in [0.25, 0.3) is 0 Å². The SMILES string of the molecule is O=C(COc1cc(F)cc(F)c1)Nc1ncn[nH]1. The largest absolute Gasteiger partial charge is 0.484 e. The van der Waals surface area contributed by atoms with E-state index in [0.29, 0.717) is 6.07 Å². The van der Waals surface area contributed by atoms with E-state index in [1.165, 1.54) is 6.33 Å². The number of rotatable bonds is 4. The van der Waals surface area contributed by atoms with Crippen LogP contribution in [0.2, 0.25) is 0 Å². The standard InChI is InChI=1S/C10H8F2N4O2/c11-6-1-7(12)3-8(2-6)18-4-9(17)15-10-13-5-14-16-10/h1-3,5H,4H2,(H2,13,14,15,16,17). The number of aromatic nitrogens is 3. The van der Waals surface area contributed by atoms with Gasteiger partial charge in [0.15, 0.2) is 6.61 Å². The molecule has 18 heavy (non-hydrogen) atoms. The smallest absolute Gasteiger partial charge is 0.264 e. The highest BCUT2D eigenvalue weighted by Crippen LogP contribution is 2.15. The zero-order valence-corrected chi connectivity index (χ0v) is 8.98. The van der Waals surface area contributed by atoms with Crippen molar-refractivity contribution in [3.05, 3.63) is 36.2 Å². The summed E-state index contributed by atoms with van der Waals surface area (Å²) in [6.07, 6.45) is 1.22. The van der Waals surface area contributed by atoms with Crippen LogP contribution in [-0.4, -0.2) is 27.7 Å². The summed E-state index contributed by atoms with van der Waals surface area (Å²) >= 11 is 0. The van der Waals surface area contributed by atoms with Crippen LogP contribution in [0, 0.1) is 11.6 Å². The molecule has 1 aromatic carbocycles. The predicted octanol–water partition coefficient (Wildman–Crippen LogP) is 1.10. The molecule has 2 rings (SSSR count). The number of carbonyl (C=O) groups excluding carboxylic acids is 1. The van der Waals surface area contributed by atoms with Gasteiger partial charge in [0.2, 0.25) is 5.95 Å². The maximum atomic E-state index is 12.8. The highest BCUT2D eigenvalue weighted by Gasteiger charge is 2.07. The number of H-pyrrole nitrogens is 1. The van der Waals surface area contributed by atoms with E-state index in [9.17, 15) is 13.6 Å². The van der Waals surface area contributed by atoms with Crippen molar-refractivity contribution in [3.63, 3.8) is 0 Å². The average molecular weight is 254 g/mol. The minimum atomic E-state index is -0.777. The van der Waals surface area contributed by atoms with E-state index in [2.05, 4.69) is 20.5 Å². The third-order valence-corrected chi connectivity index (χ3v) is 1.88. The molecule has 8 heteroatoms. The van der Waals surface area contributed by atoms with Crippen molar-refractivity contribution in [3.8, 4) is 5.75 Å². The van der Waals surface area contributed by atoms with E-state index in [4.69, 9.17) is 4.74 Å². The highest BCUT2D eigenvalue weighted by molar-refractivity contribution is 5.90. The first-order valence-corrected chi connectivity index (χ1v) is 4.87. The van der Waals surface area contributed by atoms with Gasteiger partial charge < -0.3 is 4.74 Å². The van der Waals surface area contributed by atoms with Gasteiger partial charge in [-0.25, -0.2) is 13.9 Å². The molecule has 6 nitrogen and oxygen atoms in total. The predicted molar refractivity (Wildman–Crippen MR) is 56.9 cm³/mol. The molecule has 0 aliphatic rings. The molecule has 0 saturated heterocycles. The van der Waals surface area contributed by atoms with E-state index in [1.807, 2.05) is 0 Å². The van der Waals surface area contributed by atoms with Gasteiger partial charge in [-0.05, 0) is 0 Å². The summed E-state index contributed by atoms with van der Waals surface area (Å²) in [5, 5.41) is 8.28. The lowest BCUT2D eigenvalue weighted by Crippen LogP contribution is -2.20. The number of ether oxygens (including phenoxy) is 1. The number of carbonyl (C=O) groups is 1. The second-order valence-electron chi connectivity index (χ2n) is 3.28. The lowest BCUT2D eigenvalue weighted by Gasteiger charge is -2.05. The molecule has 0 aliphatic heterocycles. The third-order valence-electron chi connectivity index (χ3n) is 1.88. The Kier molecular flexibility index (Phi) is 3.46. The van der Waals surface area contributed by atoms with Crippen LogP contribution in [0.4, 0.5) is 14.7 Å². The topological polar surface area (TPSA) is 79.9 Å². The van der Waals surface area contributed by atoms with Gasteiger partial charge in [-0.15, -0.1) is 0 Å². The second-order valence-corrected chi connectivity index (χ2v) is 3.28. The number of hydrogen-bond donors (Lipinski definition) is 2. The molecule has 0 spiro atoms. The van der Waals surface area contributed by atoms with Gasteiger partial charge in [0.25, 0.3) is 5.91 Å². The van der Waals surface area contributed by atoms with Crippen LogP contribution in [0.1, 0.15) is 0 Å². The molecule has 0 radical (unpaired) electrons. The fraction of sp³-hybridized carbons (Fsp3) is 0.100. The molecule has 0 aliphatic carbocycles. The molecule has 2 aromatic rings. The Morgan fingerprint density at radius 1 is 1.33 bits per heavy atom. The van der Waals surface area contributed by atoms with Crippen LogP contribution in [0.15, 0.2) is 24.5 Å². The van der Waals surface area contributed by atoms with Crippen molar-refractivity contribution in [2.75, 3.05) is 11.9 Å². The van der Waals surface area contributed by atoms with E-state index >= 15 is 0 Å². The van der Waals surface area contributed by atoms with Crippen molar-refractivity contribution >= 4 is 11.9 Å². The van der Waals surface area contributed by atoms with Crippen molar-refractivity contribution < 1.29 is 18.3 Å². The zero-order chi connectivity index (χ0) is 13.0. The fourth-order valence-electron chi connectivity index (χ4n) is 1.19. The van der Waals surface area contributed by atoms with E-state index in [1.54, 1.807) is 0 Å². The summed E-state index contributed by atoms with van der Waals surface area (Å²) in [4.78, 5) is 15.0. The molecule has 94 valence electrons. The molecule has 1 amide bonds. The molecule has 0 bridgehead atoms. The highest BCUT2D eigenvalue weighted by atomic mass is 19.1. The Hall–Kier alpha value is -2.51. The maximum Gasteiger partial charge on any atom is 0.264 e. The Bertz CT molecular complexity index is 525. The molecular weight excluding hydrogens is 246 g/mol. The molecular formula is C10H8F2N4O2. The van der Waals surface area contributed by atoms with Gasteiger partial charge in [-0.3, -0.25) is 10.1 Å². The van der Waals surface area contributed by atoms with Crippen LogP contribution < -0.4 is 10.1 Å². The summed E-state index contributed by atoms with van der Waals surface area (Å²) < 4.78 is 30.6. The first kappa shape index (κ1) is 12.0. The van der Waals surface area contributed by atoms with Gasteiger partial charge in [-0.1, -0.05) is 0 Å². The Morgan fingerprint density at radius 3 is 2.67 bits per heavy atom. The lowest BCUT2D eigenvalue weighted by molar-refractivity contribution is -0.118.